The van der Waals surface area contributed by atoms with Gasteiger partial charge < -0.3 is 10.6 Å². The van der Waals surface area contributed by atoms with Gasteiger partial charge in [0.2, 0.25) is 5.91 Å². The van der Waals surface area contributed by atoms with E-state index in [0.29, 0.717) is 6.54 Å². The van der Waals surface area contributed by atoms with E-state index in [2.05, 4.69) is 22.0 Å². The molecule has 0 unspecified atom stereocenters. The molecule has 0 aliphatic heterocycles. The molecule has 0 radical (unpaired) electrons. The highest BCUT2D eigenvalue weighted by Crippen LogP contribution is 2.14. The second-order valence-electron chi connectivity index (χ2n) is 4.70. The minimum absolute atomic E-state index is 0.364. The van der Waals surface area contributed by atoms with Gasteiger partial charge in [-0.2, -0.15) is 0 Å². The third kappa shape index (κ3) is 4.68. The molecule has 22 heavy (non-hydrogen) atoms. The fraction of sp³-hybridized carbons (Fsp3) is 0.250. The summed E-state index contributed by atoms with van der Waals surface area (Å²) in [5.41, 5.74) is 0.829. The van der Waals surface area contributed by atoms with Crippen molar-refractivity contribution in [3.63, 3.8) is 0 Å². The Bertz CT molecular complexity index is 599. The summed E-state index contributed by atoms with van der Waals surface area (Å²) >= 11 is 1.69. The normalized spacial score (nSPS) is 11.7. The molecule has 2 aromatic rings. The molecule has 0 fully saturated rings. The highest BCUT2D eigenvalue weighted by atomic mass is 32.1. The number of rotatable bonds is 6. The Hall–Kier alpha value is -2.18. The molecule has 3 amide bonds. The van der Waals surface area contributed by atoms with Gasteiger partial charge in [-0.1, -0.05) is 36.4 Å². The van der Waals surface area contributed by atoms with Gasteiger partial charge in [-0.3, -0.25) is 10.1 Å². The van der Waals surface area contributed by atoms with Gasteiger partial charge in [0.05, 0.1) is 0 Å². The molecule has 0 saturated carbocycles. The molecule has 0 spiro atoms. The molecular weight excluding hydrogens is 298 g/mol. The maximum atomic E-state index is 12.3. The van der Waals surface area contributed by atoms with Gasteiger partial charge in [0.1, 0.15) is 6.04 Å². The van der Waals surface area contributed by atoms with Crippen molar-refractivity contribution in [1.82, 2.24) is 16.0 Å². The third-order valence-electron chi connectivity index (χ3n) is 3.16. The second kappa shape index (κ2) is 8.31. The first kappa shape index (κ1) is 16.2. The van der Waals surface area contributed by atoms with E-state index >= 15 is 0 Å². The van der Waals surface area contributed by atoms with Crippen molar-refractivity contribution in [2.24, 2.45) is 0 Å². The van der Waals surface area contributed by atoms with Crippen LogP contribution >= 0.6 is 11.3 Å². The van der Waals surface area contributed by atoms with Crippen LogP contribution in [0.3, 0.4) is 0 Å². The van der Waals surface area contributed by atoms with Crippen molar-refractivity contribution in [1.29, 1.82) is 0 Å². The van der Waals surface area contributed by atoms with E-state index in [1.54, 1.807) is 11.3 Å². The first-order valence-corrected chi connectivity index (χ1v) is 7.92. The Morgan fingerprint density at radius 2 is 1.91 bits per heavy atom. The molecule has 2 rings (SSSR count). The van der Waals surface area contributed by atoms with Crippen LogP contribution in [0, 0.1) is 0 Å². The Labute approximate surface area is 133 Å². The van der Waals surface area contributed by atoms with Crippen molar-refractivity contribution in [2.75, 3.05) is 13.6 Å². The molecule has 1 atom stereocenters. The van der Waals surface area contributed by atoms with E-state index in [9.17, 15) is 9.59 Å². The SMILES string of the molecule is CNC(=O)NC(=O)[C@@H](NCCc1cccs1)c1ccccc1. The lowest BCUT2D eigenvalue weighted by Crippen LogP contribution is -2.44. The van der Waals surface area contributed by atoms with E-state index in [1.807, 2.05) is 41.8 Å². The molecule has 0 bridgehead atoms. The number of benzene rings is 1. The van der Waals surface area contributed by atoms with Crippen molar-refractivity contribution in [2.45, 2.75) is 12.5 Å². The number of nitrogens with one attached hydrogen (secondary N) is 3. The van der Waals surface area contributed by atoms with Crippen molar-refractivity contribution in [3.05, 3.63) is 58.3 Å². The first-order chi connectivity index (χ1) is 10.7. The highest BCUT2D eigenvalue weighted by molar-refractivity contribution is 7.09. The summed E-state index contributed by atoms with van der Waals surface area (Å²) in [6.07, 6.45) is 0.842. The molecular formula is C16H19N3O2S. The van der Waals surface area contributed by atoms with Gasteiger partial charge in [-0.05, 0) is 23.4 Å². The summed E-state index contributed by atoms with van der Waals surface area (Å²) in [6.45, 7) is 0.654. The zero-order valence-electron chi connectivity index (χ0n) is 12.3. The number of hydrogen-bond acceptors (Lipinski definition) is 4. The molecule has 116 valence electrons. The highest BCUT2D eigenvalue weighted by Gasteiger charge is 2.21. The standard InChI is InChI=1S/C16H19N3O2S/c1-17-16(21)19-15(20)14(12-6-3-2-4-7-12)18-10-9-13-8-5-11-22-13/h2-8,11,14,18H,9-10H2,1H3,(H2,17,19,20,21)/t14-/m0/s1. The van der Waals surface area contributed by atoms with Gasteiger partial charge in [-0.15, -0.1) is 11.3 Å². The minimum Gasteiger partial charge on any atom is -0.341 e. The van der Waals surface area contributed by atoms with E-state index in [-0.39, 0.29) is 5.91 Å². The number of carbonyl (C=O) groups is 2. The maximum Gasteiger partial charge on any atom is 0.321 e. The van der Waals surface area contributed by atoms with Crippen LogP contribution in [-0.2, 0) is 11.2 Å². The summed E-state index contributed by atoms with van der Waals surface area (Å²) in [4.78, 5) is 24.9. The summed E-state index contributed by atoms with van der Waals surface area (Å²) in [5.74, 6) is -0.364. The molecule has 3 N–H and O–H groups in total. The van der Waals surface area contributed by atoms with E-state index < -0.39 is 12.1 Å². The number of carbonyl (C=O) groups excluding carboxylic acids is 2. The number of urea groups is 1. The Morgan fingerprint density at radius 1 is 1.14 bits per heavy atom. The smallest absolute Gasteiger partial charge is 0.321 e. The van der Waals surface area contributed by atoms with Crippen LogP contribution in [0.15, 0.2) is 47.8 Å². The zero-order valence-corrected chi connectivity index (χ0v) is 13.2. The van der Waals surface area contributed by atoms with Gasteiger partial charge >= 0.3 is 6.03 Å². The van der Waals surface area contributed by atoms with E-state index in [4.69, 9.17) is 0 Å². The predicted molar refractivity (Wildman–Crippen MR) is 87.8 cm³/mol. The van der Waals surface area contributed by atoms with Crippen molar-refractivity contribution < 1.29 is 9.59 Å². The first-order valence-electron chi connectivity index (χ1n) is 7.04. The van der Waals surface area contributed by atoms with Crippen LogP contribution in [0.5, 0.6) is 0 Å². The van der Waals surface area contributed by atoms with Gasteiger partial charge in [0.15, 0.2) is 0 Å². The fourth-order valence-electron chi connectivity index (χ4n) is 2.05. The Balaban J connectivity index is 2.01. The summed E-state index contributed by atoms with van der Waals surface area (Å²) < 4.78 is 0. The number of amides is 3. The number of imide groups is 1. The summed E-state index contributed by atoms with van der Waals surface area (Å²) in [7, 11) is 1.48. The predicted octanol–water partition coefficient (Wildman–Crippen LogP) is 2.08. The largest absolute Gasteiger partial charge is 0.341 e. The van der Waals surface area contributed by atoms with Crippen LogP contribution in [-0.4, -0.2) is 25.5 Å². The van der Waals surface area contributed by atoms with Gasteiger partial charge in [-0.25, -0.2) is 4.79 Å². The van der Waals surface area contributed by atoms with Gasteiger partial charge in [0, 0.05) is 18.5 Å². The molecule has 0 aliphatic rings. The quantitative estimate of drug-likeness (QED) is 0.764. The number of thiophene rings is 1. The van der Waals surface area contributed by atoms with Crippen LogP contribution < -0.4 is 16.0 Å². The van der Waals surface area contributed by atoms with Crippen LogP contribution in [0.25, 0.3) is 0 Å². The maximum absolute atomic E-state index is 12.3. The fourth-order valence-corrected chi connectivity index (χ4v) is 2.76. The Kier molecular flexibility index (Phi) is 6.12. The third-order valence-corrected chi connectivity index (χ3v) is 4.10. The lowest BCUT2D eigenvalue weighted by Gasteiger charge is -2.18. The zero-order chi connectivity index (χ0) is 15.8. The molecule has 1 aromatic carbocycles. The molecule has 6 heteroatoms. The van der Waals surface area contributed by atoms with Crippen LogP contribution in [0.1, 0.15) is 16.5 Å². The summed E-state index contributed by atoms with van der Waals surface area (Å²) in [5, 5.41) is 9.95. The van der Waals surface area contributed by atoms with Crippen LogP contribution in [0.4, 0.5) is 4.79 Å². The lowest BCUT2D eigenvalue weighted by atomic mass is 10.1. The topological polar surface area (TPSA) is 70.2 Å². The molecule has 0 saturated heterocycles. The van der Waals surface area contributed by atoms with Crippen LogP contribution in [0.2, 0.25) is 0 Å². The number of hydrogen-bond donors (Lipinski definition) is 3. The summed E-state index contributed by atoms with van der Waals surface area (Å²) in [6, 6.07) is 12.4. The van der Waals surface area contributed by atoms with E-state index in [0.717, 1.165) is 12.0 Å². The molecule has 0 aliphatic carbocycles. The monoisotopic (exact) mass is 317 g/mol. The Morgan fingerprint density at radius 3 is 2.55 bits per heavy atom. The average molecular weight is 317 g/mol. The van der Waals surface area contributed by atoms with Crippen molar-refractivity contribution in [3.8, 4) is 0 Å². The van der Waals surface area contributed by atoms with E-state index in [1.165, 1.54) is 11.9 Å². The second-order valence-corrected chi connectivity index (χ2v) is 5.73. The van der Waals surface area contributed by atoms with Gasteiger partial charge in [0.25, 0.3) is 0 Å². The minimum atomic E-state index is -0.557. The average Bonchev–Trinajstić information content (AvgIpc) is 3.05. The molecule has 5 nitrogen and oxygen atoms in total. The van der Waals surface area contributed by atoms with Crippen molar-refractivity contribution >= 4 is 23.3 Å². The molecule has 1 heterocycles. The molecule has 1 aromatic heterocycles. The lowest BCUT2D eigenvalue weighted by molar-refractivity contribution is -0.122.